The van der Waals surface area contributed by atoms with Crippen LogP contribution >= 0.6 is 0 Å². The molecule has 2 aromatic rings. The van der Waals surface area contributed by atoms with E-state index in [4.69, 9.17) is 0 Å². The SMILES string of the molecule is CC1(C)N([O])[C-](c2ccccc2-c2ccccc2)N([O-])C1(C)C. The summed E-state index contributed by atoms with van der Waals surface area (Å²) in [5.41, 5.74) is 0.919. The van der Waals surface area contributed by atoms with Crippen molar-refractivity contribution in [3.8, 4) is 11.1 Å². The fourth-order valence-corrected chi connectivity index (χ4v) is 2.88. The zero-order valence-corrected chi connectivity index (χ0v) is 13.9. The van der Waals surface area contributed by atoms with Crippen molar-refractivity contribution in [3.05, 3.63) is 71.5 Å². The van der Waals surface area contributed by atoms with Gasteiger partial charge in [0.15, 0.2) is 0 Å². The van der Waals surface area contributed by atoms with Crippen molar-refractivity contribution in [2.45, 2.75) is 38.8 Å². The molecule has 1 radical (unpaired) electrons. The minimum absolute atomic E-state index is 0.180. The second-order valence-electron chi connectivity index (χ2n) is 6.94. The molecular formula is C19H21N2O2-2. The van der Waals surface area contributed by atoms with E-state index in [0.29, 0.717) is 5.56 Å². The van der Waals surface area contributed by atoms with Gasteiger partial charge in [-0.1, -0.05) is 42.0 Å². The van der Waals surface area contributed by atoms with Crippen LogP contribution in [0, 0.1) is 11.4 Å². The Morgan fingerprint density at radius 2 is 1.43 bits per heavy atom. The molecule has 121 valence electrons. The molecule has 0 amide bonds. The first-order valence-electron chi connectivity index (χ1n) is 7.75. The second kappa shape index (κ2) is 5.35. The van der Waals surface area contributed by atoms with Crippen LogP contribution in [0.1, 0.15) is 33.3 Å². The Morgan fingerprint density at radius 1 is 0.870 bits per heavy atom. The molecule has 2 aromatic carbocycles. The van der Waals surface area contributed by atoms with Crippen LogP contribution in [0.5, 0.6) is 0 Å². The van der Waals surface area contributed by atoms with Gasteiger partial charge in [-0.3, -0.25) is 0 Å². The average molecular weight is 309 g/mol. The molecule has 23 heavy (non-hydrogen) atoms. The van der Waals surface area contributed by atoms with E-state index in [1.54, 1.807) is 0 Å². The van der Waals surface area contributed by atoms with E-state index < -0.39 is 11.1 Å². The summed E-state index contributed by atoms with van der Waals surface area (Å²) in [6.45, 7) is 7.23. The summed E-state index contributed by atoms with van der Waals surface area (Å²) in [5, 5.41) is 27.5. The van der Waals surface area contributed by atoms with E-state index in [0.717, 1.165) is 21.3 Å². The van der Waals surface area contributed by atoms with Crippen molar-refractivity contribution < 1.29 is 5.21 Å². The van der Waals surface area contributed by atoms with Gasteiger partial charge >= 0.3 is 0 Å². The highest BCUT2D eigenvalue weighted by atomic mass is 16.6. The molecule has 3 rings (SSSR count). The lowest BCUT2D eigenvalue weighted by Gasteiger charge is -2.47. The van der Waals surface area contributed by atoms with Crippen LogP contribution < -0.4 is 0 Å². The van der Waals surface area contributed by atoms with Gasteiger partial charge in [-0.2, -0.15) is 16.7 Å². The molecule has 1 fully saturated rings. The Balaban J connectivity index is 2.14. The van der Waals surface area contributed by atoms with Gasteiger partial charge in [0.1, 0.15) is 0 Å². The summed E-state index contributed by atoms with van der Waals surface area (Å²) >= 11 is 0. The molecule has 4 nitrogen and oxygen atoms in total. The maximum Gasteiger partial charge on any atom is 0.0537 e. The van der Waals surface area contributed by atoms with Gasteiger partial charge in [-0.05, 0) is 33.9 Å². The molecule has 0 aliphatic carbocycles. The second-order valence-corrected chi connectivity index (χ2v) is 6.94. The van der Waals surface area contributed by atoms with Gasteiger partial charge < -0.3 is 10.3 Å². The summed E-state index contributed by atoms with van der Waals surface area (Å²) in [4.78, 5) is 0. The molecule has 0 N–H and O–H groups in total. The number of nitrogens with zero attached hydrogens (tertiary/aromatic N) is 2. The standard InChI is InChI=1S/C19H21N2O2/c1-18(2)19(3,4)21(23)17(20(18)22)16-13-9-8-12-15(16)14-10-6-5-7-11-14/h5-13H,1-4H3/q-2. The Morgan fingerprint density at radius 3 is 2.00 bits per heavy atom. The predicted octanol–water partition coefficient (Wildman–Crippen LogP) is 4.21. The van der Waals surface area contributed by atoms with Crippen LogP contribution in [0.3, 0.4) is 0 Å². The van der Waals surface area contributed by atoms with E-state index in [9.17, 15) is 10.4 Å². The zero-order valence-electron chi connectivity index (χ0n) is 13.9. The lowest BCUT2D eigenvalue weighted by atomic mass is 9.84. The van der Waals surface area contributed by atoms with Gasteiger partial charge in [0, 0.05) is 5.54 Å². The third kappa shape index (κ3) is 2.26. The van der Waals surface area contributed by atoms with E-state index >= 15 is 0 Å². The maximum absolute atomic E-state index is 12.9. The van der Waals surface area contributed by atoms with E-state index in [-0.39, 0.29) is 6.17 Å². The molecule has 0 bridgehead atoms. The predicted molar refractivity (Wildman–Crippen MR) is 90.1 cm³/mol. The molecule has 1 saturated heterocycles. The molecule has 0 unspecified atom stereocenters. The molecule has 1 aliphatic heterocycles. The number of hydrogen-bond donors (Lipinski definition) is 0. The van der Waals surface area contributed by atoms with Crippen molar-refractivity contribution >= 4 is 0 Å². The van der Waals surface area contributed by atoms with Gasteiger partial charge in [-0.25, -0.2) is 0 Å². The smallest absolute Gasteiger partial charge is 0.0537 e. The van der Waals surface area contributed by atoms with Crippen molar-refractivity contribution in [1.29, 1.82) is 0 Å². The highest BCUT2D eigenvalue weighted by molar-refractivity contribution is 5.70. The van der Waals surface area contributed by atoms with E-state index in [2.05, 4.69) is 0 Å². The Labute approximate surface area is 137 Å². The normalized spacial score (nSPS) is 20.9. The van der Waals surface area contributed by atoms with Crippen LogP contribution in [0.25, 0.3) is 11.1 Å². The number of rotatable bonds is 2. The van der Waals surface area contributed by atoms with Crippen LogP contribution in [0.4, 0.5) is 0 Å². The fourth-order valence-electron chi connectivity index (χ4n) is 2.88. The lowest BCUT2D eigenvalue weighted by molar-refractivity contribution is -0.195. The number of hydroxylamine groups is 4. The molecule has 0 aromatic heterocycles. The lowest BCUT2D eigenvalue weighted by Crippen LogP contribution is -2.51. The van der Waals surface area contributed by atoms with Crippen molar-refractivity contribution in [2.24, 2.45) is 0 Å². The Kier molecular flexibility index (Phi) is 3.73. The molecule has 1 heterocycles. The third-order valence-corrected chi connectivity index (χ3v) is 5.15. The highest BCUT2D eigenvalue weighted by Crippen LogP contribution is 2.49. The number of hydrogen-bond acceptors (Lipinski definition) is 3. The molecule has 0 saturated carbocycles. The summed E-state index contributed by atoms with van der Waals surface area (Å²) in [6.07, 6.45) is 0.180. The van der Waals surface area contributed by atoms with Crippen LogP contribution in [0.2, 0.25) is 0 Å². The molecular weight excluding hydrogens is 288 g/mol. The summed E-state index contributed by atoms with van der Waals surface area (Å²) in [6, 6.07) is 17.4. The van der Waals surface area contributed by atoms with Crippen molar-refractivity contribution in [1.82, 2.24) is 10.1 Å². The fraction of sp³-hybridized carbons (Fsp3) is 0.316. The molecule has 1 aliphatic rings. The maximum atomic E-state index is 12.9. The topological polar surface area (TPSA) is 49.4 Å². The summed E-state index contributed by atoms with van der Waals surface area (Å²) in [5.74, 6) is 0. The first-order chi connectivity index (χ1) is 10.8. The quantitative estimate of drug-likeness (QED) is 0.781. The molecule has 0 spiro atoms. The zero-order chi connectivity index (χ0) is 16.8. The van der Waals surface area contributed by atoms with Gasteiger partial charge in [0.05, 0.1) is 5.54 Å². The minimum atomic E-state index is -0.812. The minimum Gasteiger partial charge on any atom is -0.791 e. The summed E-state index contributed by atoms with van der Waals surface area (Å²) in [7, 11) is 0. The van der Waals surface area contributed by atoms with Crippen molar-refractivity contribution in [3.63, 3.8) is 0 Å². The Hall–Kier alpha value is -1.85. The van der Waals surface area contributed by atoms with Gasteiger partial charge in [0.2, 0.25) is 0 Å². The van der Waals surface area contributed by atoms with E-state index in [1.165, 1.54) is 0 Å². The van der Waals surface area contributed by atoms with Gasteiger partial charge in [0.25, 0.3) is 0 Å². The third-order valence-electron chi connectivity index (χ3n) is 5.15. The van der Waals surface area contributed by atoms with E-state index in [1.807, 2.05) is 82.3 Å². The monoisotopic (exact) mass is 309 g/mol. The van der Waals surface area contributed by atoms with Crippen LogP contribution in [-0.4, -0.2) is 21.2 Å². The van der Waals surface area contributed by atoms with Gasteiger partial charge in [-0.15, -0.1) is 22.9 Å². The average Bonchev–Trinajstić information content (AvgIpc) is 2.66. The number of benzene rings is 2. The van der Waals surface area contributed by atoms with Crippen LogP contribution in [-0.2, 0) is 5.21 Å². The van der Waals surface area contributed by atoms with Crippen molar-refractivity contribution in [2.75, 3.05) is 0 Å². The molecule has 0 atom stereocenters. The highest BCUT2D eigenvalue weighted by Gasteiger charge is 2.52. The first kappa shape index (κ1) is 16.0. The largest absolute Gasteiger partial charge is 0.791 e. The first-order valence-corrected chi connectivity index (χ1v) is 7.75. The summed E-state index contributed by atoms with van der Waals surface area (Å²) < 4.78 is 0. The van der Waals surface area contributed by atoms with Crippen LogP contribution in [0.15, 0.2) is 54.6 Å². The molecule has 4 heteroatoms. The Bertz CT molecular complexity index is 678.